The van der Waals surface area contributed by atoms with Crippen LogP contribution in [0.2, 0.25) is 0 Å². The minimum Gasteiger partial charge on any atom is -0.497 e. The molecule has 10 heteroatoms. The zero-order chi connectivity index (χ0) is 22.8. The van der Waals surface area contributed by atoms with Crippen molar-refractivity contribution < 1.29 is 27.4 Å². The molecular formula is C22H29N3O6S. The topological polar surface area (TPSA) is 98.7 Å². The van der Waals surface area contributed by atoms with Crippen molar-refractivity contribution in [2.24, 2.45) is 5.10 Å². The maximum absolute atomic E-state index is 12.4. The van der Waals surface area contributed by atoms with E-state index >= 15 is 0 Å². The number of morpholine rings is 1. The number of nitrogens with one attached hydrogen (secondary N) is 1. The van der Waals surface area contributed by atoms with Crippen LogP contribution in [0.25, 0.3) is 0 Å². The SMILES string of the molecule is CCOc1cc(C=NNS(=O)(=O)c2ccc(OC)cc2)ccc1OCCN1CCOCC1. The molecule has 0 amide bonds. The van der Waals surface area contributed by atoms with Crippen molar-refractivity contribution >= 4 is 16.2 Å². The minimum atomic E-state index is -3.78. The lowest BCUT2D eigenvalue weighted by molar-refractivity contribution is 0.0321. The van der Waals surface area contributed by atoms with Crippen LogP contribution in [-0.2, 0) is 14.8 Å². The third-order valence-corrected chi connectivity index (χ3v) is 6.03. The molecule has 2 aromatic carbocycles. The second-order valence-electron chi connectivity index (χ2n) is 6.97. The number of methoxy groups -OCH3 is 1. The first-order valence-corrected chi connectivity index (χ1v) is 11.9. The molecule has 0 saturated carbocycles. The van der Waals surface area contributed by atoms with Gasteiger partial charge in [-0.15, -0.1) is 0 Å². The quantitative estimate of drug-likeness (QED) is 0.403. The highest BCUT2D eigenvalue weighted by molar-refractivity contribution is 7.89. The van der Waals surface area contributed by atoms with Crippen molar-refractivity contribution in [3.05, 3.63) is 48.0 Å². The Morgan fingerprint density at radius 3 is 2.53 bits per heavy atom. The predicted octanol–water partition coefficient (Wildman–Crippen LogP) is 2.12. The van der Waals surface area contributed by atoms with Crippen LogP contribution in [0.4, 0.5) is 0 Å². The molecule has 1 saturated heterocycles. The highest BCUT2D eigenvalue weighted by Gasteiger charge is 2.13. The number of sulfonamides is 1. The van der Waals surface area contributed by atoms with Crippen LogP contribution in [0.1, 0.15) is 12.5 Å². The summed E-state index contributed by atoms with van der Waals surface area (Å²) < 4.78 is 46.7. The fraction of sp³-hybridized carbons (Fsp3) is 0.409. The molecule has 0 bridgehead atoms. The number of ether oxygens (including phenoxy) is 4. The monoisotopic (exact) mass is 463 g/mol. The van der Waals surface area contributed by atoms with Crippen LogP contribution in [0.5, 0.6) is 17.2 Å². The number of nitrogens with zero attached hydrogens (tertiary/aromatic N) is 2. The molecule has 1 aliphatic rings. The first-order valence-electron chi connectivity index (χ1n) is 10.4. The molecule has 0 aliphatic carbocycles. The highest BCUT2D eigenvalue weighted by atomic mass is 32.2. The van der Waals surface area contributed by atoms with Crippen LogP contribution < -0.4 is 19.0 Å². The van der Waals surface area contributed by atoms with Crippen LogP contribution >= 0.6 is 0 Å². The lowest BCUT2D eigenvalue weighted by Crippen LogP contribution is -2.38. The second kappa shape index (κ2) is 11.7. The van der Waals surface area contributed by atoms with Gasteiger partial charge in [-0.1, -0.05) is 0 Å². The molecule has 0 atom stereocenters. The maximum atomic E-state index is 12.4. The Balaban J connectivity index is 1.60. The standard InChI is InChI=1S/C22H29N3O6S/c1-3-30-22-16-18(4-9-21(22)31-15-12-25-10-13-29-14-11-25)17-23-24-32(26,27)20-7-5-19(28-2)6-8-20/h4-9,16-17,24H,3,10-15H2,1-2H3. The highest BCUT2D eigenvalue weighted by Crippen LogP contribution is 2.28. The Kier molecular flexibility index (Phi) is 8.72. The van der Waals surface area contributed by atoms with Gasteiger partial charge >= 0.3 is 0 Å². The molecule has 0 aromatic heterocycles. The van der Waals surface area contributed by atoms with E-state index in [4.69, 9.17) is 18.9 Å². The van der Waals surface area contributed by atoms with E-state index in [0.717, 1.165) is 32.8 Å². The molecule has 1 heterocycles. The van der Waals surface area contributed by atoms with Crippen molar-refractivity contribution in [3.8, 4) is 17.2 Å². The average molecular weight is 464 g/mol. The molecule has 1 N–H and O–H groups in total. The fourth-order valence-electron chi connectivity index (χ4n) is 3.08. The first kappa shape index (κ1) is 23.8. The minimum absolute atomic E-state index is 0.0921. The Morgan fingerprint density at radius 1 is 1.09 bits per heavy atom. The molecular weight excluding hydrogens is 434 g/mol. The van der Waals surface area contributed by atoms with E-state index in [-0.39, 0.29) is 4.90 Å². The Labute approximate surface area is 189 Å². The van der Waals surface area contributed by atoms with Gasteiger partial charge in [0.1, 0.15) is 12.4 Å². The lowest BCUT2D eigenvalue weighted by atomic mass is 10.2. The Morgan fingerprint density at radius 2 is 1.84 bits per heavy atom. The number of rotatable bonds is 11. The normalized spacial score (nSPS) is 14.9. The smallest absolute Gasteiger partial charge is 0.276 e. The van der Waals surface area contributed by atoms with E-state index in [2.05, 4.69) is 14.8 Å². The predicted molar refractivity (Wildman–Crippen MR) is 121 cm³/mol. The molecule has 9 nitrogen and oxygen atoms in total. The van der Waals surface area contributed by atoms with Crippen LogP contribution in [0, 0.1) is 0 Å². The van der Waals surface area contributed by atoms with Gasteiger partial charge in [0.2, 0.25) is 0 Å². The number of hydrazone groups is 1. The largest absolute Gasteiger partial charge is 0.497 e. The summed E-state index contributed by atoms with van der Waals surface area (Å²) in [5.74, 6) is 1.79. The van der Waals surface area contributed by atoms with E-state index in [1.165, 1.54) is 25.5 Å². The third kappa shape index (κ3) is 6.84. The zero-order valence-electron chi connectivity index (χ0n) is 18.3. The van der Waals surface area contributed by atoms with Crippen molar-refractivity contribution in [3.63, 3.8) is 0 Å². The third-order valence-electron chi connectivity index (χ3n) is 4.79. The molecule has 174 valence electrons. The van der Waals surface area contributed by atoms with Gasteiger partial charge in [-0.05, 0) is 55.0 Å². The zero-order valence-corrected chi connectivity index (χ0v) is 19.1. The van der Waals surface area contributed by atoms with Crippen molar-refractivity contribution in [1.82, 2.24) is 9.73 Å². The van der Waals surface area contributed by atoms with E-state index in [0.29, 0.717) is 36.0 Å². The number of hydrogen-bond acceptors (Lipinski definition) is 8. The van der Waals surface area contributed by atoms with Gasteiger partial charge in [0, 0.05) is 19.6 Å². The summed E-state index contributed by atoms with van der Waals surface area (Å²) in [6.07, 6.45) is 1.42. The van der Waals surface area contributed by atoms with Gasteiger partial charge in [-0.3, -0.25) is 4.90 Å². The molecule has 0 spiro atoms. The summed E-state index contributed by atoms with van der Waals surface area (Å²) in [4.78, 5) is 4.59. The van der Waals surface area contributed by atoms with Crippen LogP contribution in [0.15, 0.2) is 52.5 Å². The molecule has 2 aromatic rings. The summed E-state index contributed by atoms with van der Waals surface area (Å²) in [5, 5.41) is 3.88. The van der Waals surface area contributed by atoms with E-state index in [1.54, 1.807) is 30.3 Å². The van der Waals surface area contributed by atoms with Gasteiger partial charge in [0.05, 0.1) is 38.0 Å². The van der Waals surface area contributed by atoms with E-state index in [9.17, 15) is 8.42 Å². The summed E-state index contributed by atoms with van der Waals surface area (Å²) in [6.45, 7) is 7.03. The lowest BCUT2D eigenvalue weighted by Gasteiger charge is -2.26. The average Bonchev–Trinajstić information content (AvgIpc) is 2.81. The number of benzene rings is 2. The molecule has 32 heavy (non-hydrogen) atoms. The van der Waals surface area contributed by atoms with Gasteiger partial charge in [-0.2, -0.15) is 13.5 Å². The van der Waals surface area contributed by atoms with Crippen molar-refractivity contribution in [1.29, 1.82) is 0 Å². The van der Waals surface area contributed by atoms with Crippen molar-refractivity contribution in [2.45, 2.75) is 11.8 Å². The summed E-state index contributed by atoms with van der Waals surface area (Å²) in [5.41, 5.74) is 0.673. The Hall–Kier alpha value is -2.82. The molecule has 3 rings (SSSR count). The number of hydrogen-bond donors (Lipinski definition) is 1. The summed E-state index contributed by atoms with van der Waals surface area (Å²) in [6, 6.07) is 11.4. The maximum Gasteiger partial charge on any atom is 0.276 e. The fourth-order valence-corrected chi connectivity index (χ4v) is 3.87. The first-order chi connectivity index (χ1) is 15.5. The van der Waals surface area contributed by atoms with Gasteiger partial charge in [0.25, 0.3) is 10.0 Å². The van der Waals surface area contributed by atoms with Crippen LogP contribution in [0.3, 0.4) is 0 Å². The van der Waals surface area contributed by atoms with Gasteiger partial charge < -0.3 is 18.9 Å². The molecule has 1 aliphatic heterocycles. The van der Waals surface area contributed by atoms with E-state index in [1.807, 2.05) is 6.92 Å². The summed E-state index contributed by atoms with van der Waals surface area (Å²) >= 11 is 0. The molecule has 0 radical (unpaired) electrons. The van der Waals surface area contributed by atoms with Gasteiger partial charge in [0.15, 0.2) is 11.5 Å². The molecule has 1 fully saturated rings. The molecule has 0 unspecified atom stereocenters. The van der Waals surface area contributed by atoms with E-state index < -0.39 is 10.0 Å². The van der Waals surface area contributed by atoms with Crippen LogP contribution in [-0.4, -0.2) is 72.7 Å². The van der Waals surface area contributed by atoms with Crippen molar-refractivity contribution in [2.75, 3.05) is 53.2 Å². The summed E-state index contributed by atoms with van der Waals surface area (Å²) in [7, 11) is -2.26. The second-order valence-corrected chi connectivity index (χ2v) is 8.63. The Bertz CT molecular complexity index is 989. The van der Waals surface area contributed by atoms with Gasteiger partial charge in [-0.25, -0.2) is 4.83 Å².